The maximum atomic E-state index is 11.3. The number of ether oxygens (including phenoxy) is 2. The van der Waals surface area contributed by atoms with Crippen LogP contribution in [0.4, 0.5) is 0 Å². The Morgan fingerprint density at radius 3 is 2.62 bits per heavy atom. The van der Waals surface area contributed by atoms with Crippen molar-refractivity contribution in [3.63, 3.8) is 0 Å². The smallest absolute Gasteiger partial charge is 0.306 e. The Kier molecular flexibility index (Phi) is 3.13. The van der Waals surface area contributed by atoms with Gasteiger partial charge in [-0.2, -0.15) is 0 Å². The average Bonchev–Trinajstić information content (AvgIpc) is 2.70. The quantitative estimate of drug-likeness (QED) is 0.734. The summed E-state index contributed by atoms with van der Waals surface area (Å²) in [5, 5.41) is 0. The van der Waals surface area contributed by atoms with Crippen LogP contribution in [0.1, 0.15) is 31.2 Å². The van der Waals surface area contributed by atoms with Gasteiger partial charge in [0, 0.05) is 5.92 Å². The van der Waals surface area contributed by atoms with Gasteiger partial charge in [0.25, 0.3) is 0 Å². The van der Waals surface area contributed by atoms with E-state index in [-0.39, 0.29) is 18.0 Å². The molecule has 2 rings (SSSR count). The molecular formula is C13H16O3. The number of carbonyl (C=O) groups excluding carboxylic acids is 1. The summed E-state index contributed by atoms with van der Waals surface area (Å²) in [7, 11) is 1.64. The third-order valence-electron chi connectivity index (χ3n) is 3.06. The summed E-state index contributed by atoms with van der Waals surface area (Å²) < 4.78 is 10.4. The molecule has 0 saturated carbocycles. The van der Waals surface area contributed by atoms with Crippen molar-refractivity contribution >= 4 is 5.97 Å². The van der Waals surface area contributed by atoms with Crippen molar-refractivity contribution in [1.82, 2.24) is 0 Å². The molecule has 1 aromatic carbocycles. The Morgan fingerprint density at radius 1 is 1.38 bits per heavy atom. The van der Waals surface area contributed by atoms with Crippen LogP contribution < -0.4 is 4.74 Å². The third kappa shape index (κ3) is 2.03. The molecule has 0 spiro atoms. The highest BCUT2D eigenvalue weighted by Gasteiger charge is 2.34. The zero-order valence-corrected chi connectivity index (χ0v) is 9.60. The predicted octanol–water partition coefficient (Wildman–Crippen LogP) is 2.50. The molecule has 0 N–H and O–H groups in total. The first kappa shape index (κ1) is 11.0. The van der Waals surface area contributed by atoms with E-state index in [0.29, 0.717) is 6.42 Å². The van der Waals surface area contributed by atoms with Crippen molar-refractivity contribution in [2.75, 3.05) is 7.11 Å². The molecule has 1 aliphatic heterocycles. The van der Waals surface area contributed by atoms with Crippen molar-refractivity contribution in [3.05, 3.63) is 29.8 Å². The van der Waals surface area contributed by atoms with Crippen LogP contribution in [0.5, 0.6) is 5.75 Å². The van der Waals surface area contributed by atoms with E-state index in [1.807, 2.05) is 31.2 Å². The number of methoxy groups -OCH3 is 1. The van der Waals surface area contributed by atoms with Gasteiger partial charge >= 0.3 is 5.97 Å². The van der Waals surface area contributed by atoms with Gasteiger partial charge < -0.3 is 9.47 Å². The Balaban J connectivity index is 2.19. The highest BCUT2D eigenvalue weighted by atomic mass is 16.5. The first-order valence-corrected chi connectivity index (χ1v) is 5.58. The second kappa shape index (κ2) is 4.56. The third-order valence-corrected chi connectivity index (χ3v) is 3.06. The summed E-state index contributed by atoms with van der Waals surface area (Å²) in [6.07, 6.45) is 1.38. The molecule has 0 unspecified atom stereocenters. The predicted molar refractivity (Wildman–Crippen MR) is 60.5 cm³/mol. The lowest BCUT2D eigenvalue weighted by molar-refractivity contribution is -0.141. The largest absolute Gasteiger partial charge is 0.497 e. The molecule has 0 aromatic heterocycles. The number of esters is 1. The van der Waals surface area contributed by atoms with E-state index in [2.05, 4.69) is 0 Å². The van der Waals surface area contributed by atoms with Crippen LogP contribution in [0.3, 0.4) is 0 Å². The number of cyclic esters (lactones) is 1. The minimum absolute atomic E-state index is 0.0286. The highest BCUT2D eigenvalue weighted by Crippen LogP contribution is 2.34. The molecule has 1 heterocycles. The van der Waals surface area contributed by atoms with Crippen LogP contribution in [0.15, 0.2) is 24.3 Å². The topological polar surface area (TPSA) is 35.5 Å². The minimum Gasteiger partial charge on any atom is -0.497 e. The molecule has 1 aromatic rings. The van der Waals surface area contributed by atoms with Gasteiger partial charge in [-0.1, -0.05) is 19.1 Å². The Morgan fingerprint density at radius 2 is 2.06 bits per heavy atom. The van der Waals surface area contributed by atoms with Gasteiger partial charge in [0.05, 0.1) is 13.5 Å². The van der Waals surface area contributed by atoms with Gasteiger partial charge in [-0.15, -0.1) is 0 Å². The first-order valence-electron chi connectivity index (χ1n) is 5.58. The summed E-state index contributed by atoms with van der Waals surface area (Å²) in [5.41, 5.74) is 1.15. The van der Waals surface area contributed by atoms with Crippen molar-refractivity contribution in [2.45, 2.75) is 31.8 Å². The van der Waals surface area contributed by atoms with Gasteiger partial charge in [-0.25, -0.2) is 0 Å². The summed E-state index contributed by atoms with van der Waals surface area (Å²) in [6, 6.07) is 7.86. The van der Waals surface area contributed by atoms with E-state index in [0.717, 1.165) is 17.7 Å². The fourth-order valence-corrected chi connectivity index (χ4v) is 2.16. The molecule has 3 nitrogen and oxygen atoms in total. The molecule has 1 fully saturated rings. The summed E-state index contributed by atoms with van der Waals surface area (Å²) in [6.45, 7) is 2.04. The number of hydrogen-bond acceptors (Lipinski definition) is 3. The van der Waals surface area contributed by atoms with Gasteiger partial charge in [0.15, 0.2) is 0 Å². The second-order valence-corrected chi connectivity index (χ2v) is 4.02. The molecule has 86 valence electrons. The molecule has 2 atom stereocenters. The number of benzene rings is 1. The van der Waals surface area contributed by atoms with Gasteiger partial charge in [0.2, 0.25) is 0 Å². The van der Waals surface area contributed by atoms with E-state index in [4.69, 9.17) is 9.47 Å². The van der Waals surface area contributed by atoms with Crippen molar-refractivity contribution < 1.29 is 14.3 Å². The summed E-state index contributed by atoms with van der Waals surface area (Å²) >= 11 is 0. The molecule has 0 bridgehead atoms. The minimum atomic E-state index is -0.0901. The van der Waals surface area contributed by atoms with E-state index in [9.17, 15) is 4.79 Å². The Labute approximate surface area is 95.4 Å². The van der Waals surface area contributed by atoms with E-state index in [1.54, 1.807) is 7.11 Å². The van der Waals surface area contributed by atoms with E-state index < -0.39 is 0 Å². The molecule has 1 saturated heterocycles. The molecule has 3 heteroatoms. The zero-order chi connectivity index (χ0) is 11.5. The second-order valence-electron chi connectivity index (χ2n) is 4.02. The Bertz CT molecular complexity index is 369. The van der Waals surface area contributed by atoms with Gasteiger partial charge in [-0.3, -0.25) is 4.79 Å². The van der Waals surface area contributed by atoms with Crippen LogP contribution in [0, 0.1) is 0 Å². The van der Waals surface area contributed by atoms with Crippen molar-refractivity contribution in [3.8, 4) is 5.75 Å². The van der Waals surface area contributed by atoms with E-state index in [1.165, 1.54) is 0 Å². The molecule has 0 radical (unpaired) electrons. The van der Waals surface area contributed by atoms with E-state index >= 15 is 0 Å². The number of hydrogen-bond donors (Lipinski definition) is 0. The van der Waals surface area contributed by atoms with Crippen LogP contribution in [0.25, 0.3) is 0 Å². The maximum Gasteiger partial charge on any atom is 0.306 e. The summed E-state index contributed by atoms with van der Waals surface area (Å²) in [5.74, 6) is 0.943. The lowest BCUT2D eigenvalue weighted by atomic mass is 9.91. The monoisotopic (exact) mass is 220 g/mol. The fraction of sp³-hybridized carbons (Fsp3) is 0.462. The first-order chi connectivity index (χ1) is 7.74. The molecule has 0 aliphatic carbocycles. The average molecular weight is 220 g/mol. The molecule has 0 amide bonds. The van der Waals surface area contributed by atoms with Gasteiger partial charge in [-0.05, 0) is 24.1 Å². The molecular weight excluding hydrogens is 204 g/mol. The molecule has 1 aliphatic rings. The highest BCUT2D eigenvalue weighted by molar-refractivity contribution is 5.73. The fourth-order valence-electron chi connectivity index (χ4n) is 2.16. The maximum absolute atomic E-state index is 11.3. The molecule has 16 heavy (non-hydrogen) atoms. The lowest BCUT2D eigenvalue weighted by Crippen LogP contribution is -2.12. The summed E-state index contributed by atoms with van der Waals surface area (Å²) in [4.78, 5) is 11.3. The van der Waals surface area contributed by atoms with Crippen LogP contribution in [-0.2, 0) is 9.53 Å². The van der Waals surface area contributed by atoms with Crippen molar-refractivity contribution in [2.24, 2.45) is 0 Å². The SMILES string of the molecule is CC[C@@H]1OC(=O)C[C@@H]1c1ccc(OC)cc1. The van der Waals surface area contributed by atoms with Gasteiger partial charge in [0.1, 0.15) is 11.9 Å². The normalized spacial score (nSPS) is 24.2. The Hall–Kier alpha value is -1.51. The van der Waals surface area contributed by atoms with Crippen molar-refractivity contribution in [1.29, 1.82) is 0 Å². The van der Waals surface area contributed by atoms with Crippen LogP contribution >= 0.6 is 0 Å². The van der Waals surface area contributed by atoms with Crippen LogP contribution in [0.2, 0.25) is 0 Å². The zero-order valence-electron chi connectivity index (χ0n) is 9.60. The number of rotatable bonds is 3. The number of carbonyl (C=O) groups is 1. The lowest BCUT2D eigenvalue weighted by Gasteiger charge is -2.16. The van der Waals surface area contributed by atoms with Crippen LogP contribution in [-0.4, -0.2) is 19.2 Å². The standard InChI is InChI=1S/C13H16O3/c1-3-12-11(8-13(14)16-12)9-4-6-10(15-2)7-5-9/h4-7,11-12H,3,8H2,1-2H3/t11-,12+/m1/s1.